The fourth-order valence-corrected chi connectivity index (χ4v) is 1.98. The summed E-state index contributed by atoms with van der Waals surface area (Å²) in [6.07, 6.45) is 1.85. The summed E-state index contributed by atoms with van der Waals surface area (Å²) >= 11 is 0. The van der Waals surface area contributed by atoms with Crippen molar-refractivity contribution in [1.29, 1.82) is 0 Å². The molecule has 0 aliphatic rings. The molecule has 0 saturated carbocycles. The summed E-state index contributed by atoms with van der Waals surface area (Å²) in [4.78, 5) is 8.75. The van der Waals surface area contributed by atoms with E-state index in [1.807, 2.05) is 20.2 Å². The lowest BCUT2D eigenvalue weighted by atomic mass is 9.86. The van der Waals surface area contributed by atoms with Gasteiger partial charge in [0.05, 0.1) is 5.69 Å². The topological polar surface area (TPSA) is 37.8 Å². The van der Waals surface area contributed by atoms with Gasteiger partial charge in [0.25, 0.3) is 0 Å². The van der Waals surface area contributed by atoms with Gasteiger partial charge in [-0.1, -0.05) is 45.0 Å². The van der Waals surface area contributed by atoms with Crippen LogP contribution in [0.1, 0.15) is 31.9 Å². The molecule has 0 radical (unpaired) electrons. The van der Waals surface area contributed by atoms with Gasteiger partial charge in [-0.2, -0.15) is 0 Å². The standard InChI is InChI=1S/C16H21N3/c1-11-10-18-15(17-5)19-14(11)12-6-8-13(9-7-12)16(2,3)4/h6-10H,1-5H3,(H,17,18,19). The highest BCUT2D eigenvalue weighted by Crippen LogP contribution is 2.26. The van der Waals surface area contributed by atoms with Gasteiger partial charge in [0, 0.05) is 18.8 Å². The molecule has 0 aliphatic heterocycles. The predicted molar refractivity (Wildman–Crippen MR) is 80.5 cm³/mol. The second kappa shape index (κ2) is 5.00. The first-order valence-corrected chi connectivity index (χ1v) is 6.54. The molecule has 1 aromatic heterocycles. The molecular formula is C16H21N3. The van der Waals surface area contributed by atoms with Crippen LogP contribution >= 0.6 is 0 Å². The third-order valence-electron chi connectivity index (χ3n) is 3.22. The molecule has 2 aromatic rings. The minimum atomic E-state index is 0.176. The smallest absolute Gasteiger partial charge is 0.222 e. The van der Waals surface area contributed by atoms with Crippen molar-refractivity contribution in [1.82, 2.24) is 9.97 Å². The van der Waals surface area contributed by atoms with Gasteiger partial charge in [-0.15, -0.1) is 0 Å². The maximum Gasteiger partial charge on any atom is 0.222 e. The Morgan fingerprint density at radius 1 is 1.05 bits per heavy atom. The molecule has 0 bridgehead atoms. The number of hydrogen-bond donors (Lipinski definition) is 1. The maximum absolute atomic E-state index is 4.53. The van der Waals surface area contributed by atoms with Gasteiger partial charge in [0.1, 0.15) is 0 Å². The second-order valence-electron chi connectivity index (χ2n) is 5.80. The first-order valence-electron chi connectivity index (χ1n) is 6.54. The molecule has 0 amide bonds. The van der Waals surface area contributed by atoms with E-state index in [-0.39, 0.29) is 5.41 Å². The molecule has 3 nitrogen and oxygen atoms in total. The number of nitrogens with one attached hydrogen (secondary N) is 1. The Kier molecular flexibility index (Phi) is 3.56. The predicted octanol–water partition coefficient (Wildman–Crippen LogP) is 3.79. The lowest BCUT2D eigenvalue weighted by Gasteiger charge is -2.19. The molecule has 0 spiro atoms. The lowest BCUT2D eigenvalue weighted by Crippen LogP contribution is -2.10. The monoisotopic (exact) mass is 255 g/mol. The van der Waals surface area contributed by atoms with E-state index in [1.54, 1.807) is 0 Å². The van der Waals surface area contributed by atoms with E-state index in [9.17, 15) is 0 Å². The second-order valence-corrected chi connectivity index (χ2v) is 5.80. The summed E-state index contributed by atoms with van der Waals surface area (Å²) in [5.74, 6) is 0.653. The number of aryl methyl sites for hydroxylation is 1. The highest BCUT2D eigenvalue weighted by molar-refractivity contribution is 5.64. The van der Waals surface area contributed by atoms with E-state index in [0.29, 0.717) is 5.95 Å². The van der Waals surface area contributed by atoms with Crippen LogP contribution in [0.5, 0.6) is 0 Å². The van der Waals surface area contributed by atoms with Crippen molar-refractivity contribution >= 4 is 5.95 Å². The van der Waals surface area contributed by atoms with E-state index in [2.05, 4.69) is 60.3 Å². The highest BCUT2D eigenvalue weighted by atomic mass is 15.1. The van der Waals surface area contributed by atoms with Gasteiger partial charge in [-0.3, -0.25) is 0 Å². The van der Waals surface area contributed by atoms with E-state index in [0.717, 1.165) is 16.8 Å². The molecule has 19 heavy (non-hydrogen) atoms. The van der Waals surface area contributed by atoms with Crippen molar-refractivity contribution in [3.05, 3.63) is 41.6 Å². The van der Waals surface area contributed by atoms with Crippen LogP contribution in [0, 0.1) is 6.92 Å². The third kappa shape index (κ3) is 2.92. The van der Waals surface area contributed by atoms with Crippen LogP contribution in [0.25, 0.3) is 11.3 Å². The molecular weight excluding hydrogens is 234 g/mol. The van der Waals surface area contributed by atoms with Crippen LogP contribution in [-0.2, 0) is 5.41 Å². The van der Waals surface area contributed by atoms with Crippen molar-refractivity contribution in [3.63, 3.8) is 0 Å². The van der Waals surface area contributed by atoms with E-state index in [1.165, 1.54) is 5.56 Å². The molecule has 100 valence electrons. The van der Waals surface area contributed by atoms with Crippen LogP contribution in [0.2, 0.25) is 0 Å². The molecule has 3 heteroatoms. The van der Waals surface area contributed by atoms with Crippen molar-refractivity contribution in [3.8, 4) is 11.3 Å². The fourth-order valence-electron chi connectivity index (χ4n) is 1.98. The SMILES string of the molecule is CNc1ncc(C)c(-c2ccc(C(C)(C)C)cc2)n1. The zero-order valence-corrected chi connectivity index (χ0v) is 12.3. The molecule has 0 fully saturated rings. The summed E-state index contributed by atoms with van der Waals surface area (Å²) in [5, 5.41) is 2.98. The Balaban J connectivity index is 2.42. The van der Waals surface area contributed by atoms with Crippen molar-refractivity contribution in [2.24, 2.45) is 0 Å². The van der Waals surface area contributed by atoms with Gasteiger partial charge < -0.3 is 5.32 Å². The fraction of sp³-hybridized carbons (Fsp3) is 0.375. The number of anilines is 1. The van der Waals surface area contributed by atoms with E-state index in [4.69, 9.17) is 0 Å². The Morgan fingerprint density at radius 2 is 1.68 bits per heavy atom. The first kappa shape index (κ1) is 13.5. The van der Waals surface area contributed by atoms with Crippen LogP contribution < -0.4 is 5.32 Å². The van der Waals surface area contributed by atoms with E-state index >= 15 is 0 Å². The quantitative estimate of drug-likeness (QED) is 0.887. The Hall–Kier alpha value is -1.90. The molecule has 0 unspecified atom stereocenters. The van der Waals surface area contributed by atoms with Gasteiger partial charge >= 0.3 is 0 Å². The average molecular weight is 255 g/mol. The van der Waals surface area contributed by atoms with Gasteiger partial charge in [0.15, 0.2) is 0 Å². The van der Waals surface area contributed by atoms with E-state index < -0.39 is 0 Å². The number of aromatic nitrogens is 2. The third-order valence-corrected chi connectivity index (χ3v) is 3.22. The molecule has 2 rings (SSSR count). The number of benzene rings is 1. The van der Waals surface area contributed by atoms with Gasteiger partial charge in [-0.25, -0.2) is 9.97 Å². The zero-order chi connectivity index (χ0) is 14.0. The van der Waals surface area contributed by atoms with Crippen LogP contribution in [-0.4, -0.2) is 17.0 Å². The number of nitrogens with zero attached hydrogens (tertiary/aromatic N) is 2. The lowest BCUT2D eigenvalue weighted by molar-refractivity contribution is 0.590. The van der Waals surface area contributed by atoms with Crippen LogP contribution in [0.4, 0.5) is 5.95 Å². The zero-order valence-electron chi connectivity index (χ0n) is 12.3. The summed E-state index contributed by atoms with van der Waals surface area (Å²) in [5.41, 5.74) is 4.71. The minimum Gasteiger partial charge on any atom is -0.357 e. The van der Waals surface area contributed by atoms with Crippen LogP contribution in [0.15, 0.2) is 30.5 Å². The largest absolute Gasteiger partial charge is 0.357 e. The van der Waals surface area contributed by atoms with Gasteiger partial charge in [-0.05, 0) is 23.5 Å². The Labute approximate surface area is 115 Å². The Bertz CT molecular complexity index is 566. The summed E-state index contributed by atoms with van der Waals surface area (Å²) in [6.45, 7) is 8.69. The van der Waals surface area contributed by atoms with Crippen molar-refractivity contribution in [2.75, 3.05) is 12.4 Å². The molecule has 1 heterocycles. The highest BCUT2D eigenvalue weighted by Gasteiger charge is 2.14. The number of rotatable bonds is 2. The molecule has 0 aliphatic carbocycles. The summed E-state index contributed by atoms with van der Waals surface area (Å²) in [7, 11) is 1.83. The van der Waals surface area contributed by atoms with Gasteiger partial charge in [0.2, 0.25) is 5.95 Å². The first-order chi connectivity index (χ1) is 8.91. The van der Waals surface area contributed by atoms with Crippen LogP contribution in [0.3, 0.4) is 0 Å². The molecule has 0 atom stereocenters. The van der Waals surface area contributed by atoms with Crippen molar-refractivity contribution < 1.29 is 0 Å². The molecule has 1 aromatic carbocycles. The summed E-state index contributed by atoms with van der Waals surface area (Å²) < 4.78 is 0. The molecule has 1 N–H and O–H groups in total. The van der Waals surface area contributed by atoms with Crippen molar-refractivity contribution in [2.45, 2.75) is 33.1 Å². The Morgan fingerprint density at radius 3 is 2.21 bits per heavy atom. The molecule has 0 saturated heterocycles. The normalized spacial score (nSPS) is 11.4. The minimum absolute atomic E-state index is 0.176. The number of hydrogen-bond acceptors (Lipinski definition) is 3. The summed E-state index contributed by atoms with van der Waals surface area (Å²) in [6, 6.07) is 8.62. The average Bonchev–Trinajstić information content (AvgIpc) is 2.38. The maximum atomic E-state index is 4.53.